The summed E-state index contributed by atoms with van der Waals surface area (Å²) in [5, 5.41) is 3.24. The summed E-state index contributed by atoms with van der Waals surface area (Å²) in [6, 6.07) is 0. The van der Waals surface area contributed by atoms with Crippen LogP contribution in [0.25, 0.3) is 0 Å². The van der Waals surface area contributed by atoms with Gasteiger partial charge in [-0.3, -0.25) is 0 Å². The van der Waals surface area contributed by atoms with Gasteiger partial charge in [-0.2, -0.15) is 0 Å². The van der Waals surface area contributed by atoms with Crippen LogP contribution in [0.1, 0.15) is 20.3 Å². The van der Waals surface area contributed by atoms with E-state index in [0.717, 1.165) is 19.5 Å². The second-order valence-corrected chi connectivity index (χ2v) is 3.62. The Kier molecular flexibility index (Phi) is 4.90. The molecule has 0 radical (unpaired) electrons. The minimum absolute atomic E-state index is 0.0739. The lowest BCUT2D eigenvalue weighted by molar-refractivity contribution is -0.151. The maximum atomic E-state index is 11.0. The van der Waals surface area contributed by atoms with Crippen molar-refractivity contribution < 1.29 is 14.3 Å². The van der Waals surface area contributed by atoms with Crippen LogP contribution in [0.5, 0.6) is 0 Å². The fourth-order valence-electron chi connectivity index (χ4n) is 1.56. The first-order chi connectivity index (χ1) is 6.74. The molecule has 1 saturated heterocycles. The van der Waals surface area contributed by atoms with Crippen LogP contribution in [0.2, 0.25) is 0 Å². The molecule has 0 aromatic heterocycles. The minimum atomic E-state index is -0.273. The van der Waals surface area contributed by atoms with Crippen molar-refractivity contribution in [2.75, 3.05) is 26.3 Å². The van der Waals surface area contributed by atoms with Gasteiger partial charge < -0.3 is 14.8 Å². The van der Waals surface area contributed by atoms with Crippen molar-refractivity contribution in [2.45, 2.75) is 26.4 Å². The fourth-order valence-corrected chi connectivity index (χ4v) is 1.56. The summed E-state index contributed by atoms with van der Waals surface area (Å²) >= 11 is 0. The second-order valence-electron chi connectivity index (χ2n) is 3.62. The maximum Gasteiger partial charge on any atom is 0.332 e. The van der Waals surface area contributed by atoms with Gasteiger partial charge in [-0.05, 0) is 25.8 Å². The summed E-state index contributed by atoms with van der Waals surface area (Å²) in [6.07, 6.45) is 1.25. The molecule has 82 valence electrons. The molecule has 0 spiro atoms. The van der Waals surface area contributed by atoms with Gasteiger partial charge in [0.05, 0.1) is 12.7 Å². The van der Waals surface area contributed by atoms with E-state index in [1.807, 2.05) is 0 Å². The largest absolute Gasteiger partial charge is 0.464 e. The lowest BCUT2D eigenvalue weighted by Gasteiger charge is -2.29. The number of carbonyl (C=O) groups excluding carboxylic acids is 1. The monoisotopic (exact) mass is 201 g/mol. The standard InChI is InChI=1S/C10H19NO3/c1-3-13-10(12)7-14-9-6-11-5-4-8(9)2/h8-9,11H,3-7H2,1-2H3. The summed E-state index contributed by atoms with van der Waals surface area (Å²) in [5.74, 6) is 0.246. The van der Waals surface area contributed by atoms with Crippen LogP contribution in [0.4, 0.5) is 0 Å². The zero-order valence-corrected chi connectivity index (χ0v) is 8.91. The molecule has 0 bridgehead atoms. The molecule has 1 rings (SSSR count). The Labute approximate surface area is 85.0 Å². The number of nitrogens with one attached hydrogen (secondary N) is 1. The van der Waals surface area contributed by atoms with Gasteiger partial charge in [0.1, 0.15) is 6.61 Å². The first-order valence-corrected chi connectivity index (χ1v) is 5.22. The molecule has 1 heterocycles. The maximum absolute atomic E-state index is 11.0. The highest BCUT2D eigenvalue weighted by molar-refractivity contribution is 5.70. The molecule has 4 heteroatoms. The molecule has 1 aliphatic heterocycles. The van der Waals surface area contributed by atoms with Gasteiger partial charge in [-0.15, -0.1) is 0 Å². The number of piperidine rings is 1. The summed E-state index contributed by atoms with van der Waals surface area (Å²) < 4.78 is 10.3. The first-order valence-electron chi connectivity index (χ1n) is 5.22. The van der Waals surface area contributed by atoms with Crippen LogP contribution in [-0.4, -0.2) is 38.4 Å². The average Bonchev–Trinajstić information content (AvgIpc) is 2.17. The summed E-state index contributed by atoms with van der Waals surface area (Å²) in [7, 11) is 0. The van der Waals surface area contributed by atoms with Gasteiger partial charge >= 0.3 is 5.97 Å². The van der Waals surface area contributed by atoms with E-state index in [2.05, 4.69) is 12.2 Å². The molecular weight excluding hydrogens is 182 g/mol. The highest BCUT2D eigenvalue weighted by Gasteiger charge is 2.22. The van der Waals surface area contributed by atoms with Crippen molar-refractivity contribution >= 4 is 5.97 Å². The third-order valence-electron chi connectivity index (χ3n) is 2.48. The summed E-state index contributed by atoms with van der Waals surface area (Å²) in [5.41, 5.74) is 0. The van der Waals surface area contributed by atoms with Crippen LogP contribution < -0.4 is 5.32 Å². The quantitative estimate of drug-likeness (QED) is 0.675. The van der Waals surface area contributed by atoms with Gasteiger partial charge in [0.15, 0.2) is 0 Å². The van der Waals surface area contributed by atoms with Gasteiger partial charge in [0.25, 0.3) is 0 Å². The van der Waals surface area contributed by atoms with Crippen LogP contribution in [0, 0.1) is 5.92 Å². The van der Waals surface area contributed by atoms with Gasteiger partial charge in [0.2, 0.25) is 0 Å². The Hall–Kier alpha value is -0.610. The normalized spacial score (nSPS) is 27.3. The molecule has 0 amide bonds. The van der Waals surface area contributed by atoms with Crippen molar-refractivity contribution in [3.8, 4) is 0 Å². The average molecular weight is 201 g/mol. The predicted molar refractivity (Wildman–Crippen MR) is 53.0 cm³/mol. The lowest BCUT2D eigenvalue weighted by Crippen LogP contribution is -2.41. The first kappa shape index (κ1) is 11.5. The van der Waals surface area contributed by atoms with E-state index in [1.54, 1.807) is 6.92 Å². The highest BCUT2D eigenvalue weighted by Crippen LogP contribution is 2.14. The zero-order chi connectivity index (χ0) is 10.4. The number of hydrogen-bond donors (Lipinski definition) is 1. The number of ether oxygens (including phenoxy) is 2. The van der Waals surface area contributed by atoms with Gasteiger partial charge in [0, 0.05) is 6.54 Å². The van der Waals surface area contributed by atoms with E-state index in [9.17, 15) is 4.79 Å². The van der Waals surface area contributed by atoms with E-state index < -0.39 is 0 Å². The molecule has 0 aromatic carbocycles. The van der Waals surface area contributed by atoms with Crippen molar-refractivity contribution in [1.82, 2.24) is 5.32 Å². The van der Waals surface area contributed by atoms with E-state index >= 15 is 0 Å². The summed E-state index contributed by atoms with van der Waals surface area (Å²) in [4.78, 5) is 11.0. The molecule has 2 unspecified atom stereocenters. The summed E-state index contributed by atoms with van der Waals surface area (Å²) in [6.45, 7) is 6.31. The van der Waals surface area contributed by atoms with Crippen molar-refractivity contribution in [2.24, 2.45) is 5.92 Å². The predicted octanol–water partition coefficient (Wildman–Crippen LogP) is 0.564. The Bertz CT molecular complexity index is 184. The smallest absolute Gasteiger partial charge is 0.332 e. The number of carbonyl (C=O) groups is 1. The van der Waals surface area contributed by atoms with E-state index in [0.29, 0.717) is 12.5 Å². The van der Waals surface area contributed by atoms with Crippen molar-refractivity contribution in [3.05, 3.63) is 0 Å². The number of esters is 1. The number of hydrogen-bond acceptors (Lipinski definition) is 4. The molecule has 0 aliphatic carbocycles. The SMILES string of the molecule is CCOC(=O)COC1CNCCC1C. The minimum Gasteiger partial charge on any atom is -0.464 e. The van der Waals surface area contributed by atoms with Crippen LogP contribution in [0.3, 0.4) is 0 Å². The van der Waals surface area contributed by atoms with Crippen LogP contribution in [0.15, 0.2) is 0 Å². The van der Waals surface area contributed by atoms with Crippen molar-refractivity contribution in [3.63, 3.8) is 0 Å². The molecule has 1 aliphatic rings. The molecule has 1 fully saturated rings. The highest BCUT2D eigenvalue weighted by atomic mass is 16.6. The number of rotatable bonds is 4. The molecule has 0 aromatic rings. The molecule has 14 heavy (non-hydrogen) atoms. The zero-order valence-electron chi connectivity index (χ0n) is 8.91. The molecule has 1 N–H and O–H groups in total. The molecule has 0 saturated carbocycles. The molecule has 4 nitrogen and oxygen atoms in total. The third-order valence-corrected chi connectivity index (χ3v) is 2.48. The molecular formula is C10H19NO3. The van der Waals surface area contributed by atoms with E-state index in [4.69, 9.17) is 9.47 Å². The van der Waals surface area contributed by atoms with Crippen LogP contribution in [-0.2, 0) is 14.3 Å². The second kappa shape index (κ2) is 5.98. The topological polar surface area (TPSA) is 47.6 Å². The molecule has 2 atom stereocenters. The van der Waals surface area contributed by atoms with Gasteiger partial charge in [-0.1, -0.05) is 6.92 Å². The van der Waals surface area contributed by atoms with Crippen LogP contribution >= 0.6 is 0 Å². The van der Waals surface area contributed by atoms with Gasteiger partial charge in [-0.25, -0.2) is 4.79 Å². The Morgan fingerprint density at radius 1 is 1.57 bits per heavy atom. The Morgan fingerprint density at radius 2 is 2.36 bits per heavy atom. The third kappa shape index (κ3) is 3.64. The van der Waals surface area contributed by atoms with E-state index in [1.165, 1.54) is 0 Å². The van der Waals surface area contributed by atoms with Crippen molar-refractivity contribution in [1.29, 1.82) is 0 Å². The lowest BCUT2D eigenvalue weighted by atomic mass is 9.97. The Balaban J connectivity index is 2.19. The Morgan fingerprint density at radius 3 is 3.00 bits per heavy atom. The fraction of sp³-hybridized carbons (Fsp3) is 0.900. The van der Waals surface area contributed by atoms with E-state index in [-0.39, 0.29) is 18.7 Å².